The van der Waals surface area contributed by atoms with Gasteiger partial charge in [0.05, 0.1) is 0 Å². The van der Waals surface area contributed by atoms with Crippen LogP contribution in [0.2, 0.25) is 0 Å². The van der Waals surface area contributed by atoms with Crippen LogP contribution in [0.15, 0.2) is 5.16 Å². The molecule has 5 heteroatoms. The van der Waals surface area contributed by atoms with Gasteiger partial charge in [0.25, 0.3) is 0 Å². The number of hydrogen-bond acceptors (Lipinski definition) is 3. The zero-order valence-electron chi connectivity index (χ0n) is 10.2. The lowest BCUT2D eigenvalue weighted by Gasteiger charge is -2.25. The second kappa shape index (κ2) is 4.72. The van der Waals surface area contributed by atoms with Crippen molar-refractivity contribution in [3.63, 3.8) is 0 Å². The quantitative estimate of drug-likeness (QED) is 0.318. The number of rotatable bonds is 5. The van der Waals surface area contributed by atoms with Crippen molar-refractivity contribution in [1.82, 2.24) is 4.90 Å². The third-order valence-corrected chi connectivity index (χ3v) is 3.39. The van der Waals surface area contributed by atoms with Crippen molar-refractivity contribution in [2.24, 2.45) is 22.2 Å². The molecule has 0 radical (unpaired) electrons. The molecule has 3 N–H and O–H groups in total. The molecule has 0 spiro atoms. The Kier molecular flexibility index (Phi) is 3.78. The van der Waals surface area contributed by atoms with Crippen molar-refractivity contribution in [3.8, 4) is 0 Å². The van der Waals surface area contributed by atoms with E-state index >= 15 is 0 Å². The van der Waals surface area contributed by atoms with Crippen LogP contribution in [-0.2, 0) is 4.79 Å². The predicted octanol–water partition coefficient (Wildman–Crippen LogP) is 1.02. The number of carbonyl (C=O) groups is 1. The van der Waals surface area contributed by atoms with Crippen molar-refractivity contribution in [2.45, 2.75) is 33.1 Å². The van der Waals surface area contributed by atoms with E-state index in [0.29, 0.717) is 18.8 Å². The molecule has 1 fully saturated rings. The van der Waals surface area contributed by atoms with E-state index in [1.165, 1.54) is 0 Å². The molecule has 1 saturated carbocycles. The van der Waals surface area contributed by atoms with Gasteiger partial charge in [-0.05, 0) is 18.8 Å². The second-order valence-corrected chi connectivity index (χ2v) is 4.77. The molecule has 5 nitrogen and oxygen atoms in total. The highest BCUT2D eigenvalue weighted by Gasteiger charge is 2.55. The van der Waals surface area contributed by atoms with Gasteiger partial charge in [-0.25, -0.2) is 0 Å². The lowest BCUT2D eigenvalue weighted by atomic mass is 10.0. The highest BCUT2D eigenvalue weighted by molar-refractivity contribution is 6.09. The summed E-state index contributed by atoms with van der Waals surface area (Å²) >= 11 is 0. The van der Waals surface area contributed by atoms with Crippen LogP contribution < -0.4 is 5.73 Å². The molecular weight excluding hydrogens is 206 g/mol. The molecule has 1 amide bonds. The molecule has 92 valence electrons. The number of nitrogens with two attached hydrogens (primary N) is 1. The van der Waals surface area contributed by atoms with Crippen LogP contribution in [0.4, 0.5) is 0 Å². The highest BCUT2D eigenvalue weighted by atomic mass is 16.4. The Hall–Kier alpha value is -1.26. The molecular formula is C11H21N3O2. The number of nitrogens with zero attached hydrogens (tertiary/aromatic N) is 2. The summed E-state index contributed by atoms with van der Waals surface area (Å²) < 4.78 is 0. The first-order chi connectivity index (χ1) is 7.47. The van der Waals surface area contributed by atoms with E-state index in [1.54, 1.807) is 11.9 Å². The first-order valence-corrected chi connectivity index (χ1v) is 5.71. The number of hydrogen-bond donors (Lipinski definition) is 2. The summed E-state index contributed by atoms with van der Waals surface area (Å²) in [6.07, 6.45) is 2.41. The largest absolute Gasteiger partial charge is 0.409 e. The summed E-state index contributed by atoms with van der Waals surface area (Å²) in [5.74, 6) is 0.494. The Labute approximate surface area is 96.3 Å². The molecule has 0 aromatic rings. The fourth-order valence-corrected chi connectivity index (χ4v) is 1.85. The Bertz CT molecular complexity index is 298. The second-order valence-electron chi connectivity index (χ2n) is 4.77. The Morgan fingerprint density at radius 1 is 1.62 bits per heavy atom. The van der Waals surface area contributed by atoms with Gasteiger partial charge in [-0.2, -0.15) is 0 Å². The number of amides is 1. The zero-order chi connectivity index (χ0) is 12.3. The van der Waals surface area contributed by atoms with Crippen molar-refractivity contribution in [1.29, 1.82) is 0 Å². The van der Waals surface area contributed by atoms with Gasteiger partial charge in [0.1, 0.15) is 5.41 Å². The molecule has 0 saturated heterocycles. The van der Waals surface area contributed by atoms with Crippen LogP contribution in [0.1, 0.15) is 33.1 Å². The molecule has 0 aromatic heterocycles. The minimum Gasteiger partial charge on any atom is -0.409 e. The average molecular weight is 227 g/mol. The standard InChI is InChI=1S/C11H21N3O2/c1-4-8(2)7-14(3)10(15)11(5-6-11)9(12)13-16/h8,16H,4-7H2,1-3H3,(H2,12,13). The fraction of sp³-hybridized carbons (Fsp3) is 0.818. The normalized spacial score (nSPS) is 20.3. The average Bonchev–Trinajstić information content (AvgIpc) is 3.07. The summed E-state index contributed by atoms with van der Waals surface area (Å²) in [4.78, 5) is 13.8. The third kappa shape index (κ3) is 2.28. The molecule has 1 unspecified atom stereocenters. The van der Waals surface area contributed by atoms with Crippen molar-refractivity contribution in [3.05, 3.63) is 0 Å². The van der Waals surface area contributed by atoms with E-state index in [2.05, 4.69) is 19.0 Å². The summed E-state index contributed by atoms with van der Waals surface area (Å²) in [5, 5.41) is 11.6. The lowest BCUT2D eigenvalue weighted by molar-refractivity contribution is -0.133. The van der Waals surface area contributed by atoms with Gasteiger partial charge in [-0.3, -0.25) is 4.79 Å². The van der Waals surface area contributed by atoms with Crippen molar-refractivity contribution in [2.75, 3.05) is 13.6 Å². The van der Waals surface area contributed by atoms with Crippen LogP contribution in [0, 0.1) is 11.3 Å². The van der Waals surface area contributed by atoms with Gasteiger partial charge in [0.15, 0.2) is 5.84 Å². The van der Waals surface area contributed by atoms with Crippen LogP contribution in [-0.4, -0.2) is 35.4 Å². The van der Waals surface area contributed by atoms with E-state index in [9.17, 15) is 4.79 Å². The summed E-state index contributed by atoms with van der Waals surface area (Å²) in [6, 6.07) is 0. The van der Waals surface area contributed by atoms with Crippen LogP contribution in [0.5, 0.6) is 0 Å². The van der Waals surface area contributed by atoms with Gasteiger partial charge in [-0.1, -0.05) is 25.4 Å². The van der Waals surface area contributed by atoms with Crippen LogP contribution in [0.25, 0.3) is 0 Å². The smallest absolute Gasteiger partial charge is 0.236 e. The minimum absolute atomic E-state index is 0.0249. The molecule has 0 heterocycles. The van der Waals surface area contributed by atoms with E-state index in [-0.39, 0.29) is 11.7 Å². The molecule has 0 aliphatic heterocycles. The summed E-state index contributed by atoms with van der Waals surface area (Å²) in [6.45, 7) is 4.92. The third-order valence-electron chi connectivity index (χ3n) is 3.39. The first kappa shape index (κ1) is 12.8. The van der Waals surface area contributed by atoms with Crippen molar-refractivity contribution >= 4 is 11.7 Å². The van der Waals surface area contributed by atoms with Gasteiger partial charge >= 0.3 is 0 Å². The minimum atomic E-state index is -0.711. The maximum atomic E-state index is 12.1. The van der Waals surface area contributed by atoms with E-state index in [1.807, 2.05) is 0 Å². The number of oxime groups is 1. The molecule has 1 aliphatic rings. The van der Waals surface area contributed by atoms with Gasteiger partial charge in [-0.15, -0.1) is 0 Å². The Balaban J connectivity index is 2.64. The molecule has 1 aliphatic carbocycles. The first-order valence-electron chi connectivity index (χ1n) is 5.71. The molecule has 0 bridgehead atoms. The molecule has 16 heavy (non-hydrogen) atoms. The maximum absolute atomic E-state index is 12.1. The monoisotopic (exact) mass is 227 g/mol. The zero-order valence-corrected chi connectivity index (χ0v) is 10.2. The molecule has 1 rings (SSSR count). The fourth-order valence-electron chi connectivity index (χ4n) is 1.85. The maximum Gasteiger partial charge on any atom is 0.236 e. The molecule has 1 atom stereocenters. The Morgan fingerprint density at radius 3 is 2.56 bits per heavy atom. The Morgan fingerprint density at radius 2 is 2.19 bits per heavy atom. The SMILES string of the molecule is CCC(C)CN(C)C(=O)C1(C(N)=NO)CC1. The van der Waals surface area contributed by atoms with Crippen LogP contribution in [0.3, 0.4) is 0 Å². The van der Waals surface area contributed by atoms with Gasteiger partial charge in [0, 0.05) is 13.6 Å². The molecule has 0 aromatic carbocycles. The summed E-state index contributed by atoms with van der Waals surface area (Å²) in [7, 11) is 1.78. The van der Waals surface area contributed by atoms with Crippen molar-refractivity contribution < 1.29 is 10.0 Å². The topological polar surface area (TPSA) is 78.9 Å². The number of carbonyl (C=O) groups excluding carboxylic acids is 1. The van der Waals surface area contributed by atoms with E-state index in [4.69, 9.17) is 10.9 Å². The lowest BCUT2D eigenvalue weighted by Crippen LogP contribution is -2.43. The van der Waals surface area contributed by atoms with E-state index < -0.39 is 5.41 Å². The highest BCUT2D eigenvalue weighted by Crippen LogP contribution is 2.47. The van der Waals surface area contributed by atoms with E-state index in [0.717, 1.165) is 13.0 Å². The summed E-state index contributed by atoms with van der Waals surface area (Å²) in [5.41, 5.74) is 4.86. The van der Waals surface area contributed by atoms with Crippen LogP contribution >= 0.6 is 0 Å². The van der Waals surface area contributed by atoms with Gasteiger partial charge < -0.3 is 15.8 Å². The number of amidine groups is 1. The van der Waals surface area contributed by atoms with Gasteiger partial charge in [0.2, 0.25) is 5.91 Å². The predicted molar refractivity (Wildman–Crippen MR) is 62.2 cm³/mol.